The number of para-hydroxylation sites is 2. The highest BCUT2D eigenvalue weighted by atomic mass is 32.1. The van der Waals surface area contributed by atoms with Gasteiger partial charge in [-0.25, -0.2) is 0 Å². The number of carbonyl (C=O) groups is 2. The van der Waals surface area contributed by atoms with Crippen LogP contribution in [-0.2, 0) is 16.0 Å². The van der Waals surface area contributed by atoms with Crippen molar-refractivity contribution >= 4 is 28.8 Å². The molecule has 22 heavy (non-hydrogen) atoms. The van der Waals surface area contributed by atoms with Crippen molar-refractivity contribution in [3.05, 3.63) is 46.7 Å². The molecule has 1 N–H and O–H groups in total. The third kappa shape index (κ3) is 3.28. The van der Waals surface area contributed by atoms with E-state index in [2.05, 4.69) is 5.32 Å². The molecule has 0 saturated heterocycles. The Bertz CT molecular complexity index is 670. The Morgan fingerprint density at radius 2 is 2.14 bits per heavy atom. The van der Waals surface area contributed by atoms with Gasteiger partial charge in [0, 0.05) is 18.0 Å². The Morgan fingerprint density at radius 3 is 2.95 bits per heavy atom. The van der Waals surface area contributed by atoms with E-state index in [0.29, 0.717) is 25.3 Å². The van der Waals surface area contributed by atoms with Gasteiger partial charge < -0.3 is 15.0 Å². The molecule has 6 heteroatoms. The lowest BCUT2D eigenvalue weighted by atomic mass is 10.2. The van der Waals surface area contributed by atoms with Crippen LogP contribution in [0.15, 0.2) is 41.8 Å². The average molecular weight is 316 g/mol. The summed E-state index contributed by atoms with van der Waals surface area (Å²) in [4.78, 5) is 26.5. The van der Waals surface area contributed by atoms with Crippen LogP contribution in [0.1, 0.15) is 4.88 Å². The summed E-state index contributed by atoms with van der Waals surface area (Å²) >= 11 is 1.56. The normalized spacial score (nSPS) is 13.5. The van der Waals surface area contributed by atoms with E-state index in [0.717, 1.165) is 10.6 Å². The van der Waals surface area contributed by atoms with Gasteiger partial charge >= 0.3 is 0 Å². The van der Waals surface area contributed by atoms with Crippen molar-refractivity contribution < 1.29 is 14.3 Å². The monoisotopic (exact) mass is 316 g/mol. The number of fused-ring (bicyclic) bond motifs is 1. The molecule has 0 saturated carbocycles. The molecule has 3 rings (SSSR count). The zero-order valence-electron chi connectivity index (χ0n) is 12.0. The fourth-order valence-electron chi connectivity index (χ4n) is 2.34. The molecule has 0 bridgehead atoms. The van der Waals surface area contributed by atoms with E-state index in [1.54, 1.807) is 16.2 Å². The molecule has 2 aromatic rings. The third-order valence-electron chi connectivity index (χ3n) is 3.38. The number of nitrogens with one attached hydrogen (secondary N) is 1. The average Bonchev–Trinajstić information content (AvgIpc) is 3.02. The lowest BCUT2D eigenvalue weighted by Crippen LogP contribution is -2.43. The topological polar surface area (TPSA) is 58.6 Å². The van der Waals surface area contributed by atoms with Gasteiger partial charge in [-0.1, -0.05) is 18.2 Å². The van der Waals surface area contributed by atoms with E-state index in [1.165, 1.54) is 0 Å². The van der Waals surface area contributed by atoms with Crippen LogP contribution in [0, 0.1) is 0 Å². The second kappa shape index (κ2) is 6.62. The number of carbonyl (C=O) groups excluding carboxylic acids is 2. The molecular weight excluding hydrogens is 300 g/mol. The molecular formula is C16H16N2O3S. The number of anilines is 1. The van der Waals surface area contributed by atoms with Gasteiger partial charge in [-0.15, -0.1) is 11.3 Å². The highest BCUT2D eigenvalue weighted by Gasteiger charge is 2.24. The summed E-state index contributed by atoms with van der Waals surface area (Å²) in [5.41, 5.74) is 0.756. The maximum absolute atomic E-state index is 12.0. The Morgan fingerprint density at radius 1 is 1.27 bits per heavy atom. The van der Waals surface area contributed by atoms with Crippen molar-refractivity contribution in [2.24, 2.45) is 0 Å². The highest BCUT2D eigenvalue weighted by molar-refractivity contribution is 7.10. The largest absolute Gasteiger partial charge is 0.482 e. The van der Waals surface area contributed by atoms with E-state index >= 15 is 0 Å². The quantitative estimate of drug-likeness (QED) is 0.915. The number of rotatable bonds is 5. The number of hydrogen-bond donors (Lipinski definition) is 1. The molecule has 1 aliphatic rings. The van der Waals surface area contributed by atoms with Crippen LogP contribution < -0.4 is 15.0 Å². The van der Waals surface area contributed by atoms with Crippen LogP contribution in [0.2, 0.25) is 0 Å². The second-order valence-corrected chi connectivity index (χ2v) is 5.94. The Labute approximate surface area is 132 Å². The molecule has 5 nitrogen and oxygen atoms in total. The highest BCUT2D eigenvalue weighted by Crippen LogP contribution is 2.30. The zero-order valence-corrected chi connectivity index (χ0v) is 12.8. The first-order valence-corrected chi connectivity index (χ1v) is 7.93. The lowest BCUT2D eigenvalue weighted by molar-refractivity contribution is -0.122. The first kappa shape index (κ1) is 14.6. The standard InChI is InChI=1S/C16H16N2O3S/c19-15(10-12-4-3-9-22-12)17-7-8-18-13-5-1-2-6-14(13)21-11-16(18)20/h1-6,9H,7-8,10-11H2,(H,17,19). The molecule has 0 radical (unpaired) electrons. The number of ether oxygens (including phenoxy) is 1. The summed E-state index contributed by atoms with van der Waals surface area (Å²) in [6.45, 7) is 0.903. The smallest absolute Gasteiger partial charge is 0.265 e. The predicted molar refractivity (Wildman–Crippen MR) is 85.3 cm³/mol. The number of amides is 2. The summed E-state index contributed by atoms with van der Waals surface area (Å²) in [7, 11) is 0. The van der Waals surface area contributed by atoms with Gasteiger partial charge in [0.2, 0.25) is 5.91 Å². The van der Waals surface area contributed by atoms with Crippen molar-refractivity contribution in [3.8, 4) is 5.75 Å². The minimum Gasteiger partial charge on any atom is -0.482 e. The maximum atomic E-state index is 12.0. The van der Waals surface area contributed by atoms with Crippen molar-refractivity contribution in [2.45, 2.75) is 6.42 Å². The van der Waals surface area contributed by atoms with Crippen LogP contribution in [0.5, 0.6) is 5.75 Å². The molecule has 0 atom stereocenters. The van der Waals surface area contributed by atoms with Crippen LogP contribution in [-0.4, -0.2) is 31.5 Å². The van der Waals surface area contributed by atoms with Crippen molar-refractivity contribution in [1.82, 2.24) is 5.32 Å². The van der Waals surface area contributed by atoms with Crippen molar-refractivity contribution in [3.63, 3.8) is 0 Å². The van der Waals surface area contributed by atoms with E-state index in [-0.39, 0.29) is 18.4 Å². The molecule has 0 aliphatic carbocycles. The van der Waals surface area contributed by atoms with Gasteiger partial charge in [0.15, 0.2) is 6.61 Å². The van der Waals surface area contributed by atoms with E-state index in [1.807, 2.05) is 41.8 Å². The second-order valence-electron chi connectivity index (χ2n) is 4.91. The van der Waals surface area contributed by atoms with Crippen LogP contribution >= 0.6 is 11.3 Å². The van der Waals surface area contributed by atoms with Gasteiger partial charge in [0.05, 0.1) is 12.1 Å². The van der Waals surface area contributed by atoms with E-state index in [4.69, 9.17) is 4.74 Å². The number of nitrogens with zero attached hydrogens (tertiary/aromatic N) is 1. The minimum absolute atomic E-state index is 0.0311. The number of thiophene rings is 1. The van der Waals surface area contributed by atoms with Crippen LogP contribution in [0.3, 0.4) is 0 Å². The number of hydrogen-bond acceptors (Lipinski definition) is 4. The van der Waals surface area contributed by atoms with Crippen molar-refractivity contribution in [1.29, 1.82) is 0 Å². The van der Waals surface area contributed by atoms with Crippen LogP contribution in [0.25, 0.3) is 0 Å². The SMILES string of the molecule is O=C(Cc1cccs1)NCCN1C(=O)COc2ccccc21. The fourth-order valence-corrected chi connectivity index (χ4v) is 3.04. The molecule has 0 fully saturated rings. The number of benzene rings is 1. The van der Waals surface area contributed by atoms with Gasteiger partial charge in [-0.3, -0.25) is 9.59 Å². The third-order valence-corrected chi connectivity index (χ3v) is 4.26. The molecule has 114 valence electrons. The van der Waals surface area contributed by atoms with Gasteiger partial charge in [-0.05, 0) is 23.6 Å². The Hall–Kier alpha value is -2.34. The molecule has 1 aliphatic heterocycles. The van der Waals surface area contributed by atoms with E-state index < -0.39 is 0 Å². The van der Waals surface area contributed by atoms with E-state index in [9.17, 15) is 9.59 Å². The van der Waals surface area contributed by atoms with Crippen LogP contribution in [0.4, 0.5) is 5.69 Å². The summed E-state index contributed by atoms with van der Waals surface area (Å²) < 4.78 is 5.39. The molecule has 1 aromatic carbocycles. The summed E-state index contributed by atoms with van der Waals surface area (Å²) in [6, 6.07) is 11.3. The molecule has 0 spiro atoms. The maximum Gasteiger partial charge on any atom is 0.265 e. The Kier molecular flexibility index (Phi) is 4.39. The molecule has 2 heterocycles. The summed E-state index contributed by atoms with van der Waals surface area (Å²) in [5, 5.41) is 4.80. The fraction of sp³-hybridized carbons (Fsp3) is 0.250. The predicted octanol–water partition coefficient (Wildman–Crippen LogP) is 1.83. The minimum atomic E-state index is -0.0915. The van der Waals surface area contributed by atoms with Gasteiger partial charge in [0.25, 0.3) is 5.91 Å². The van der Waals surface area contributed by atoms with Crippen molar-refractivity contribution in [2.75, 3.05) is 24.6 Å². The van der Waals surface area contributed by atoms with Gasteiger partial charge in [-0.2, -0.15) is 0 Å². The Balaban J connectivity index is 1.55. The summed E-state index contributed by atoms with van der Waals surface area (Å²) in [5.74, 6) is 0.578. The lowest BCUT2D eigenvalue weighted by Gasteiger charge is -2.29. The van der Waals surface area contributed by atoms with Gasteiger partial charge in [0.1, 0.15) is 5.75 Å². The first-order valence-electron chi connectivity index (χ1n) is 7.05. The molecule has 1 aromatic heterocycles. The molecule has 2 amide bonds. The molecule has 0 unspecified atom stereocenters. The first-order chi connectivity index (χ1) is 10.7. The zero-order chi connectivity index (χ0) is 15.4. The summed E-state index contributed by atoms with van der Waals surface area (Å²) in [6.07, 6.45) is 0.380.